The first-order valence-electron chi connectivity index (χ1n) is 5.60. The second-order valence-electron chi connectivity index (χ2n) is 3.69. The molecule has 2 amide bonds. The molecule has 0 aliphatic rings. The van der Waals surface area contributed by atoms with E-state index in [1.165, 1.54) is 18.2 Å². The number of sulfonamides is 1. The highest BCUT2D eigenvalue weighted by Gasteiger charge is 2.40. The summed E-state index contributed by atoms with van der Waals surface area (Å²) in [6.07, 6.45) is 2.07. The monoisotopic (exact) mass is 324 g/mol. The largest absolute Gasteiger partial charge is 0.401 e. The Labute approximate surface area is 123 Å². The van der Waals surface area contributed by atoms with Crippen molar-refractivity contribution in [1.29, 1.82) is 0 Å². The van der Waals surface area contributed by atoms with Crippen molar-refractivity contribution in [3.63, 3.8) is 0 Å². The number of urea groups is 1. The number of carbonyl (C=O) groups excluding carboxylic acids is 1. The first-order chi connectivity index (χ1) is 10.4. The fraction of sp³-hybridized carbons (Fsp3) is 0. The molecule has 0 radical (unpaired) electrons. The number of amides is 2. The summed E-state index contributed by atoms with van der Waals surface area (Å²) in [5.74, 6) is -0.324. The number of carbonyl (C=O) groups is 1. The highest BCUT2D eigenvalue weighted by molar-refractivity contribution is 7.89. The number of benzene rings is 1. The summed E-state index contributed by atoms with van der Waals surface area (Å²) in [5, 5.41) is 11.5. The highest BCUT2D eigenvalue weighted by Crippen LogP contribution is 2.16. The van der Waals surface area contributed by atoms with Crippen LogP contribution in [0, 0.1) is 10.1 Å². The normalized spacial score (nSPS) is 10.7. The third-order valence-electron chi connectivity index (χ3n) is 2.30. The lowest BCUT2D eigenvalue weighted by Crippen LogP contribution is -2.44. The number of rotatable bonds is 4. The van der Waals surface area contributed by atoms with Crippen molar-refractivity contribution in [2.24, 2.45) is 0 Å². The van der Waals surface area contributed by atoms with Crippen molar-refractivity contribution >= 4 is 22.0 Å². The van der Waals surface area contributed by atoms with Crippen LogP contribution in [0.25, 0.3) is 0 Å². The molecule has 1 heterocycles. The smallest absolute Gasteiger partial charge is 0.270 e. The molecule has 2 aromatic rings. The minimum atomic E-state index is -4.67. The van der Waals surface area contributed by atoms with E-state index in [4.69, 9.17) is 0 Å². The molecule has 0 spiro atoms. The van der Waals surface area contributed by atoms with Gasteiger partial charge in [0.25, 0.3) is 0 Å². The molecule has 0 aliphatic heterocycles. The Hall–Kier alpha value is -3.15. The predicted octanol–water partition coefficient (Wildman–Crippen LogP) is 0.286. The van der Waals surface area contributed by atoms with Gasteiger partial charge in [-0.05, 0) is 12.1 Å². The van der Waals surface area contributed by atoms with Crippen molar-refractivity contribution in [2.45, 2.75) is 4.90 Å². The maximum absolute atomic E-state index is 12.2. The summed E-state index contributed by atoms with van der Waals surface area (Å²) in [6, 6.07) is 4.99. The molecule has 0 saturated heterocycles. The van der Waals surface area contributed by atoms with Crippen molar-refractivity contribution < 1.29 is 18.2 Å². The number of aromatic nitrogens is 3. The Morgan fingerprint density at radius 1 is 1.18 bits per heavy atom. The van der Waals surface area contributed by atoms with Crippen LogP contribution in [0.15, 0.2) is 47.9 Å². The van der Waals surface area contributed by atoms with E-state index in [9.17, 15) is 23.3 Å². The molecule has 0 bridgehead atoms. The topological polar surface area (TPSA) is 148 Å². The van der Waals surface area contributed by atoms with Gasteiger partial charge in [-0.2, -0.15) is 8.42 Å². The van der Waals surface area contributed by atoms with Gasteiger partial charge in [0, 0.05) is 0 Å². The van der Waals surface area contributed by atoms with Crippen molar-refractivity contribution in [3.8, 4) is 0 Å². The summed E-state index contributed by atoms with van der Waals surface area (Å²) < 4.78 is 23.8. The van der Waals surface area contributed by atoms with Crippen molar-refractivity contribution in [2.75, 3.05) is 5.32 Å². The molecule has 0 aliphatic carbocycles. The second-order valence-corrected chi connectivity index (χ2v) is 5.46. The molecule has 0 atom stereocenters. The molecular weight excluding hydrogens is 316 g/mol. The summed E-state index contributed by atoms with van der Waals surface area (Å²) in [5.41, 5.74) is 0. The summed E-state index contributed by atoms with van der Waals surface area (Å²) in [6.45, 7) is 0. The maximum atomic E-state index is 12.2. The number of anilines is 1. The van der Waals surface area contributed by atoms with E-state index in [1.54, 1.807) is 0 Å². The van der Waals surface area contributed by atoms with Gasteiger partial charge in [0.15, 0.2) is 5.03 Å². The van der Waals surface area contributed by atoms with Gasteiger partial charge in [-0.15, -0.1) is 0 Å². The van der Waals surface area contributed by atoms with Crippen LogP contribution in [-0.4, -0.2) is 38.8 Å². The minimum absolute atomic E-state index is 0.324. The number of nitro groups is 1. The summed E-state index contributed by atoms with van der Waals surface area (Å²) >= 11 is 0. The van der Waals surface area contributed by atoms with Crippen LogP contribution in [0.1, 0.15) is 0 Å². The molecule has 22 heavy (non-hydrogen) atoms. The molecule has 0 unspecified atom stereocenters. The van der Waals surface area contributed by atoms with Crippen LogP contribution in [0.4, 0.5) is 10.7 Å². The molecule has 114 valence electrons. The minimum Gasteiger partial charge on any atom is -0.270 e. The molecular formula is C10H8N6O5S. The summed E-state index contributed by atoms with van der Waals surface area (Å²) in [7, 11) is -4.67. The SMILES string of the molecule is O=C(Nc1ncncn1)N([N+](=O)[O-])S(=O)(=O)c1ccccc1. The highest BCUT2D eigenvalue weighted by atomic mass is 32.2. The quantitative estimate of drug-likeness (QED) is 0.623. The Kier molecular flexibility index (Phi) is 4.22. The van der Waals surface area contributed by atoms with Gasteiger partial charge in [-0.3, -0.25) is 5.32 Å². The lowest BCUT2D eigenvalue weighted by molar-refractivity contribution is -0.597. The van der Waals surface area contributed by atoms with Crippen molar-refractivity contribution in [3.05, 3.63) is 53.1 Å². The zero-order valence-corrected chi connectivity index (χ0v) is 11.5. The Balaban J connectivity index is 2.35. The fourth-order valence-electron chi connectivity index (χ4n) is 1.41. The van der Waals surface area contributed by atoms with Gasteiger partial charge in [0.05, 0.1) is 9.31 Å². The van der Waals surface area contributed by atoms with Crippen molar-refractivity contribution in [1.82, 2.24) is 19.4 Å². The van der Waals surface area contributed by atoms with Gasteiger partial charge < -0.3 is 0 Å². The average Bonchev–Trinajstić information content (AvgIpc) is 2.48. The molecule has 2 rings (SSSR count). The van der Waals surface area contributed by atoms with E-state index < -0.39 is 30.4 Å². The zero-order valence-electron chi connectivity index (χ0n) is 10.7. The van der Waals surface area contributed by atoms with E-state index >= 15 is 0 Å². The predicted molar refractivity (Wildman–Crippen MR) is 71.3 cm³/mol. The third-order valence-corrected chi connectivity index (χ3v) is 3.93. The van der Waals surface area contributed by atoms with Crippen LogP contribution in [0.3, 0.4) is 0 Å². The Morgan fingerprint density at radius 2 is 1.77 bits per heavy atom. The van der Waals surface area contributed by atoms with Crippen LogP contribution in [0.2, 0.25) is 0 Å². The van der Waals surface area contributed by atoms with E-state index in [2.05, 4.69) is 15.0 Å². The first-order valence-corrected chi connectivity index (χ1v) is 7.04. The van der Waals surface area contributed by atoms with E-state index in [1.807, 2.05) is 5.32 Å². The maximum Gasteiger partial charge on any atom is 0.401 e. The van der Waals surface area contributed by atoms with Crippen LogP contribution in [0.5, 0.6) is 0 Å². The number of hydrazine groups is 1. The van der Waals surface area contributed by atoms with E-state index in [0.29, 0.717) is 0 Å². The van der Waals surface area contributed by atoms with Crippen LogP contribution < -0.4 is 5.32 Å². The molecule has 1 aromatic heterocycles. The number of nitrogens with one attached hydrogen (secondary N) is 1. The lowest BCUT2D eigenvalue weighted by Gasteiger charge is -2.12. The number of hydrogen-bond acceptors (Lipinski definition) is 8. The van der Waals surface area contributed by atoms with Gasteiger partial charge >= 0.3 is 16.1 Å². The van der Waals surface area contributed by atoms with E-state index in [0.717, 1.165) is 24.8 Å². The second kappa shape index (κ2) is 6.09. The number of nitrogens with zero attached hydrogens (tertiary/aromatic N) is 5. The molecule has 1 aromatic carbocycles. The van der Waals surface area contributed by atoms with E-state index in [-0.39, 0.29) is 5.95 Å². The molecule has 1 N–H and O–H groups in total. The Morgan fingerprint density at radius 3 is 2.32 bits per heavy atom. The summed E-state index contributed by atoms with van der Waals surface area (Å²) in [4.78, 5) is 33.0. The van der Waals surface area contributed by atoms with Gasteiger partial charge in [-0.25, -0.2) is 29.9 Å². The van der Waals surface area contributed by atoms with Gasteiger partial charge in [-0.1, -0.05) is 18.2 Å². The first kappa shape index (κ1) is 15.2. The lowest BCUT2D eigenvalue weighted by atomic mass is 10.4. The molecule has 0 saturated carbocycles. The van der Waals surface area contributed by atoms with Crippen LogP contribution >= 0.6 is 0 Å². The number of hydrogen-bond donors (Lipinski definition) is 1. The fourth-order valence-corrected chi connectivity index (χ4v) is 2.55. The van der Waals surface area contributed by atoms with Gasteiger partial charge in [0.2, 0.25) is 5.95 Å². The molecule has 0 fully saturated rings. The van der Waals surface area contributed by atoms with Crippen LogP contribution in [-0.2, 0) is 10.0 Å². The Bertz CT molecular complexity index is 782. The standard InChI is InChI=1S/C10H8N6O5S/c17-10(14-9-12-6-11-7-13-9)15(16(18)19)22(20,21)8-4-2-1-3-5-8/h1-7H,(H,11,12,13,14,17). The third kappa shape index (κ3) is 3.12. The average molecular weight is 324 g/mol. The van der Waals surface area contributed by atoms with Gasteiger partial charge in [0.1, 0.15) is 12.7 Å². The molecule has 11 nitrogen and oxygen atoms in total. The zero-order chi connectivity index (χ0) is 16.2. The molecule has 12 heteroatoms.